The molecule has 0 aliphatic rings. The van der Waals surface area contributed by atoms with Gasteiger partial charge in [0.1, 0.15) is 0 Å². The minimum atomic E-state index is -5.13. The zero-order chi connectivity index (χ0) is 14.8. The van der Waals surface area contributed by atoms with Gasteiger partial charge in [0.2, 0.25) is 0 Å². The Labute approximate surface area is 104 Å². The molecule has 0 spiro atoms. The van der Waals surface area contributed by atoms with Gasteiger partial charge in [0, 0.05) is 5.56 Å². The highest BCUT2D eigenvalue weighted by molar-refractivity contribution is 5.94. The Morgan fingerprint density at radius 3 is 2.32 bits per heavy atom. The van der Waals surface area contributed by atoms with Crippen LogP contribution in [0.2, 0.25) is 0 Å². The maximum atomic E-state index is 12.8. The van der Waals surface area contributed by atoms with Crippen LogP contribution in [0, 0.1) is 11.3 Å². The molecular weight excluding hydrogens is 273 g/mol. The number of halogens is 5. The van der Waals surface area contributed by atoms with Crippen LogP contribution in [0.1, 0.15) is 33.5 Å². The van der Waals surface area contributed by atoms with Crippen molar-refractivity contribution in [2.75, 3.05) is 7.11 Å². The van der Waals surface area contributed by atoms with Crippen LogP contribution in [0.4, 0.5) is 22.0 Å². The molecular formula is C11H6F5NO2. The number of rotatable bonds is 2. The fourth-order valence-electron chi connectivity index (χ4n) is 1.51. The van der Waals surface area contributed by atoms with Gasteiger partial charge in [0.05, 0.1) is 29.9 Å². The molecule has 1 rings (SSSR count). The van der Waals surface area contributed by atoms with E-state index in [9.17, 15) is 26.7 Å². The molecule has 0 radical (unpaired) electrons. The first-order valence-electron chi connectivity index (χ1n) is 4.74. The lowest BCUT2D eigenvalue weighted by molar-refractivity contribution is -0.138. The van der Waals surface area contributed by atoms with Gasteiger partial charge >= 0.3 is 12.1 Å². The van der Waals surface area contributed by atoms with Gasteiger partial charge in [0.25, 0.3) is 6.43 Å². The number of nitriles is 1. The molecule has 3 nitrogen and oxygen atoms in total. The average Bonchev–Trinajstić information content (AvgIpc) is 2.34. The van der Waals surface area contributed by atoms with Crippen molar-refractivity contribution in [3.05, 3.63) is 34.4 Å². The van der Waals surface area contributed by atoms with Crippen LogP contribution in [-0.2, 0) is 10.9 Å². The van der Waals surface area contributed by atoms with Crippen molar-refractivity contribution in [2.45, 2.75) is 12.6 Å². The fraction of sp³-hybridized carbons (Fsp3) is 0.273. The smallest absolute Gasteiger partial charge is 0.418 e. The quantitative estimate of drug-likeness (QED) is 0.616. The van der Waals surface area contributed by atoms with E-state index in [4.69, 9.17) is 5.26 Å². The summed E-state index contributed by atoms with van der Waals surface area (Å²) in [5, 5.41) is 8.60. The Kier molecular flexibility index (Phi) is 4.09. The third kappa shape index (κ3) is 2.81. The maximum absolute atomic E-state index is 12.8. The molecule has 0 saturated heterocycles. The van der Waals surface area contributed by atoms with E-state index in [0.29, 0.717) is 12.1 Å². The first kappa shape index (κ1) is 14.9. The van der Waals surface area contributed by atoms with Crippen LogP contribution >= 0.6 is 0 Å². The molecule has 0 heterocycles. The summed E-state index contributed by atoms with van der Waals surface area (Å²) < 4.78 is 67.9. The number of methoxy groups -OCH3 is 1. The number of benzene rings is 1. The van der Waals surface area contributed by atoms with Gasteiger partial charge in [-0.2, -0.15) is 18.4 Å². The van der Waals surface area contributed by atoms with Crippen LogP contribution in [0.15, 0.2) is 12.1 Å². The lowest BCUT2D eigenvalue weighted by Gasteiger charge is -2.16. The molecule has 0 saturated carbocycles. The highest BCUT2D eigenvalue weighted by Crippen LogP contribution is 2.38. The van der Waals surface area contributed by atoms with Crippen molar-refractivity contribution in [3.63, 3.8) is 0 Å². The normalized spacial score (nSPS) is 11.3. The molecule has 0 aliphatic heterocycles. The van der Waals surface area contributed by atoms with E-state index in [1.54, 1.807) is 0 Å². The number of esters is 1. The summed E-state index contributed by atoms with van der Waals surface area (Å²) >= 11 is 0. The second-order valence-electron chi connectivity index (χ2n) is 3.35. The number of hydrogen-bond donors (Lipinski definition) is 0. The maximum Gasteiger partial charge on any atom is 0.418 e. The molecule has 0 bridgehead atoms. The molecule has 0 N–H and O–H groups in total. The first-order valence-corrected chi connectivity index (χ1v) is 4.74. The topological polar surface area (TPSA) is 50.1 Å². The minimum absolute atomic E-state index is 0.594. The molecule has 102 valence electrons. The summed E-state index contributed by atoms with van der Waals surface area (Å²) in [7, 11) is 0.761. The SMILES string of the molecule is COC(=O)c1c(C(F)F)ccc(C#N)c1C(F)(F)F. The van der Waals surface area contributed by atoms with E-state index < -0.39 is 40.8 Å². The summed E-state index contributed by atoms with van der Waals surface area (Å²) in [5.41, 5.74) is -5.08. The third-order valence-electron chi connectivity index (χ3n) is 2.27. The largest absolute Gasteiger partial charge is 0.465 e. The van der Waals surface area contributed by atoms with E-state index in [2.05, 4.69) is 4.74 Å². The molecule has 0 amide bonds. The molecule has 1 aromatic carbocycles. The molecule has 0 aromatic heterocycles. The van der Waals surface area contributed by atoms with Crippen LogP contribution < -0.4 is 0 Å². The Hall–Kier alpha value is -2.17. The predicted molar refractivity (Wildman–Crippen MR) is 52.5 cm³/mol. The van der Waals surface area contributed by atoms with Crippen molar-refractivity contribution >= 4 is 5.97 Å². The van der Waals surface area contributed by atoms with E-state index >= 15 is 0 Å². The van der Waals surface area contributed by atoms with Gasteiger partial charge in [0.15, 0.2) is 0 Å². The van der Waals surface area contributed by atoms with Gasteiger partial charge < -0.3 is 4.74 Å². The van der Waals surface area contributed by atoms with Crippen LogP contribution in [-0.4, -0.2) is 13.1 Å². The van der Waals surface area contributed by atoms with Gasteiger partial charge in [-0.25, -0.2) is 13.6 Å². The molecule has 19 heavy (non-hydrogen) atoms. The minimum Gasteiger partial charge on any atom is -0.465 e. The Bertz CT molecular complexity index is 545. The Morgan fingerprint density at radius 2 is 1.95 bits per heavy atom. The van der Waals surface area contributed by atoms with Crippen molar-refractivity contribution in [1.82, 2.24) is 0 Å². The number of hydrogen-bond acceptors (Lipinski definition) is 3. The zero-order valence-corrected chi connectivity index (χ0v) is 9.39. The fourth-order valence-corrected chi connectivity index (χ4v) is 1.51. The highest BCUT2D eigenvalue weighted by atomic mass is 19.4. The van der Waals surface area contributed by atoms with Crippen LogP contribution in [0.25, 0.3) is 0 Å². The molecule has 0 unspecified atom stereocenters. The van der Waals surface area contributed by atoms with Gasteiger partial charge in [-0.15, -0.1) is 0 Å². The lowest BCUT2D eigenvalue weighted by Crippen LogP contribution is -2.19. The third-order valence-corrected chi connectivity index (χ3v) is 2.27. The predicted octanol–water partition coefficient (Wildman–Crippen LogP) is 3.30. The lowest BCUT2D eigenvalue weighted by atomic mass is 9.96. The van der Waals surface area contributed by atoms with E-state index in [1.807, 2.05) is 0 Å². The van der Waals surface area contributed by atoms with E-state index in [-0.39, 0.29) is 0 Å². The van der Waals surface area contributed by atoms with Crippen LogP contribution in [0.3, 0.4) is 0 Å². The number of carbonyl (C=O) groups excluding carboxylic acids is 1. The molecule has 0 atom stereocenters. The summed E-state index contributed by atoms with van der Waals surface area (Å²) in [5.74, 6) is -1.57. The number of carbonyl (C=O) groups is 1. The number of nitrogens with zero attached hydrogens (tertiary/aromatic N) is 1. The zero-order valence-electron chi connectivity index (χ0n) is 9.39. The van der Waals surface area contributed by atoms with E-state index in [0.717, 1.165) is 7.11 Å². The summed E-state index contributed by atoms with van der Waals surface area (Å²) in [4.78, 5) is 11.3. The number of alkyl halides is 5. The summed E-state index contributed by atoms with van der Waals surface area (Å²) in [6, 6.07) is 2.41. The second-order valence-corrected chi connectivity index (χ2v) is 3.35. The van der Waals surface area contributed by atoms with E-state index in [1.165, 1.54) is 6.07 Å². The first-order chi connectivity index (χ1) is 8.73. The van der Waals surface area contributed by atoms with Gasteiger partial charge in [-0.3, -0.25) is 0 Å². The van der Waals surface area contributed by atoms with Crippen molar-refractivity contribution in [3.8, 4) is 6.07 Å². The molecule has 0 aliphatic carbocycles. The summed E-state index contributed by atoms with van der Waals surface area (Å²) in [6.07, 6.45) is -8.43. The molecule has 0 fully saturated rings. The monoisotopic (exact) mass is 279 g/mol. The van der Waals surface area contributed by atoms with Gasteiger partial charge in [-0.1, -0.05) is 6.07 Å². The van der Waals surface area contributed by atoms with Gasteiger partial charge in [-0.05, 0) is 6.07 Å². The van der Waals surface area contributed by atoms with Crippen molar-refractivity contribution in [1.29, 1.82) is 5.26 Å². The Morgan fingerprint density at radius 1 is 1.37 bits per heavy atom. The van der Waals surface area contributed by atoms with Crippen LogP contribution in [0.5, 0.6) is 0 Å². The number of ether oxygens (including phenoxy) is 1. The summed E-state index contributed by atoms with van der Waals surface area (Å²) in [6.45, 7) is 0. The Balaban J connectivity index is 3.78. The standard InChI is InChI=1S/C11H6F5NO2/c1-19-10(18)7-6(9(12)13)3-2-5(4-17)8(7)11(14,15)16/h2-3,9H,1H3. The average molecular weight is 279 g/mol. The van der Waals surface area contributed by atoms with Crippen molar-refractivity contribution in [2.24, 2.45) is 0 Å². The highest BCUT2D eigenvalue weighted by Gasteiger charge is 2.41. The van der Waals surface area contributed by atoms with Crippen molar-refractivity contribution < 1.29 is 31.5 Å². The molecule has 8 heteroatoms. The second kappa shape index (κ2) is 5.22. The molecule has 1 aromatic rings.